The molecule has 3 N–H and O–H groups in total. The number of nitro groups is 1. The lowest BCUT2D eigenvalue weighted by Crippen LogP contribution is -2.19. The van der Waals surface area contributed by atoms with Gasteiger partial charge in [0.15, 0.2) is 0 Å². The Balaban J connectivity index is 2.53. The van der Waals surface area contributed by atoms with E-state index in [1.807, 2.05) is 0 Å². The van der Waals surface area contributed by atoms with E-state index >= 15 is 0 Å². The van der Waals surface area contributed by atoms with Crippen molar-refractivity contribution in [1.82, 2.24) is 4.57 Å². The Morgan fingerprint density at radius 1 is 1.11 bits per heavy atom. The lowest BCUT2D eigenvalue weighted by atomic mass is 10.1. The van der Waals surface area contributed by atoms with Gasteiger partial charge in [-0.25, -0.2) is 13.6 Å². The topological polar surface area (TPSA) is 128 Å². The van der Waals surface area contributed by atoms with E-state index in [0.29, 0.717) is 24.4 Å². The van der Waals surface area contributed by atoms with Crippen LogP contribution in [-0.4, -0.2) is 20.6 Å². The van der Waals surface area contributed by atoms with E-state index in [4.69, 9.17) is 5.73 Å². The highest BCUT2D eigenvalue weighted by molar-refractivity contribution is 5.94. The van der Waals surface area contributed by atoms with Crippen LogP contribution in [0.4, 0.5) is 24.5 Å². The molecule has 0 aliphatic carbocycles. The van der Waals surface area contributed by atoms with Gasteiger partial charge in [-0.05, 0) is 6.07 Å². The maximum absolute atomic E-state index is 14.2. The van der Waals surface area contributed by atoms with Crippen molar-refractivity contribution in [1.29, 1.82) is 0 Å². The van der Waals surface area contributed by atoms with Gasteiger partial charge in [-0.3, -0.25) is 14.9 Å². The number of aromatic carboxylic acids is 1. The fourth-order valence-corrected chi connectivity index (χ4v) is 2.56. The number of anilines is 1. The lowest BCUT2D eigenvalue weighted by Gasteiger charge is -2.14. The zero-order valence-electron chi connectivity index (χ0n) is 13.1. The third-order valence-electron chi connectivity index (χ3n) is 3.82. The van der Waals surface area contributed by atoms with Gasteiger partial charge in [-0.15, -0.1) is 0 Å². The average molecular weight is 379 g/mol. The summed E-state index contributed by atoms with van der Waals surface area (Å²) in [4.78, 5) is 33.5. The number of fused-ring (bicyclic) bond motifs is 1. The Kier molecular flexibility index (Phi) is 4.06. The monoisotopic (exact) mass is 379 g/mol. The van der Waals surface area contributed by atoms with E-state index in [2.05, 4.69) is 0 Å². The molecule has 0 spiro atoms. The van der Waals surface area contributed by atoms with Crippen molar-refractivity contribution in [2.24, 2.45) is 0 Å². The summed E-state index contributed by atoms with van der Waals surface area (Å²) in [5, 5.41) is 19.6. The normalized spacial score (nSPS) is 10.9. The molecule has 11 heteroatoms. The third kappa shape index (κ3) is 2.84. The molecule has 0 saturated heterocycles. The summed E-state index contributed by atoms with van der Waals surface area (Å²) in [5.74, 6) is -5.29. The quantitative estimate of drug-likeness (QED) is 0.409. The van der Waals surface area contributed by atoms with Gasteiger partial charge in [-0.2, -0.15) is 4.39 Å². The molecule has 27 heavy (non-hydrogen) atoms. The second kappa shape index (κ2) is 6.12. The van der Waals surface area contributed by atoms with Crippen LogP contribution in [0.5, 0.6) is 0 Å². The number of nitrogen functional groups attached to an aromatic ring is 1. The van der Waals surface area contributed by atoms with Gasteiger partial charge in [-0.1, -0.05) is 0 Å². The van der Waals surface area contributed by atoms with E-state index in [1.54, 1.807) is 0 Å². The summed E-state index contributed by atoms with van der Waals surface area (Å²) in [6.45, 7) is 0. The number of nitrogens with two attached hydrogens (primary N) is 1. The molecular formula is C16H8F3N3O5. The Morgan fingerprint density at radius 3 is 2.37 bits per heavy atom. The number of hydrogen-bond donors (Lipinski definition) is 2. The number of nitro benzene ring substituents is 1. The average Bonchev–Trinajstić information content (AvgIpc) is 2.58. The van der Waals surface area contributed by atoms with Crippen molar-refractivity contribution in [2.75, 3.05) is 5.73 Å². The summed E-state index contributed by atoms with van der Waals surface area (Å²) in [6, 6.07) is 2.39. The summed E-state index contributed by atoms with van der Waals surface area (Å²) < 4.78 is 42.5. The van der Waals surface area contributed by atoms with E-state index < -0.39 is 61.8 Å². The first-order valence-corrected chi connectivity index (χ1v) is 7.13. The summed E-state index contributed by atoms with van der Waals surface area (Å²) in [6.07, 6.45) is 0.702. The lowest BCUT2D eigenvalue weighted by molar-refractivity contribution is -0.387. The molecule has 0 fully saturated rings. The van der Waals surface area contributed by atoms with Crippen LogP contribution in [0.1, 0.15) is 10.4 Å². The van der Waals surface area contributed by atoms with Crippen LogP contribution in [0, 0.1) is 27.6 Å². The molecule has 0 aliphatic rings. The summed E-state index contributed by atoms with van der Waals surface area (Å²) in [5.41, 5.74) is 1.02. The van der Waals surface area contributed by atoms with Crippen molar-refractivity contribution >= 4 is 28.2 Å². The van der Waals surface area contributed by atoms with Crippen LogP contribution in [-0.2, 0) is 0 Å². The molecule has 1 heterocycles. The first-order chi connectivity index (χ1) is 12.6. The van der Waals surface area contributed by atoms with Crippen LogP contribution in [0.2, 0.25) is 0 Å². The van der Waals surface area contributed by atoms with Crippen molar-refractivity contribution < 1.29 is 28.0 Å². The molecule has 0 bridgehead atoms. The molecule has 3 aromatic rings. The van der Waals surface area contributed by atoms with Crippen molar-refractivity contribution in [2.45, 2.75) is 0 Å². The van der Waals surface area contributed by atoms with Crippen LogP contribution < -0.4 is 11.2 Å². The molecule has 1 aromatic heterocycles. The number of carbonyl (C=O) groups is 1. The van der Waals surface area contributed by atoms with Gasteiger partial charge in [0.25, 0.3) is 0 Å². The summed E-state index contributed by atoms with van der Waals surface area (Å²) >= 11 is 0. The number of aromatic nitrogens is 1. The summed E-state index contributed by atoms with van der Waals surface area (Å²) in [7, 11) is 0. The molecule has 0 amide bonds. The van der Waals surface area contributed by atoms with Crippen molar-refractivity contribution in [3.8, 4) is 5.69 Å². The Morgan fingerprint density at radius 2 is 1.78 bits per heavy atom. The number of carboxylic acids is 1. The predicted octanol–water partition coefficient (Wildman–Crippen LogP) is 2.60. The molecule has 0 saturated carbocycles. The number of carboxylic acid groups (broad SMARTS) is 1. The van der Waals surface area contributed by atoms with E-state index in [0.717, 1.165) is 10.6 Å². The smallest absolute Gasteiger partial charge is 0.341 e. The minimum atomic E-state index is -1.70. The fourth-order valence-electron chi connectivity index (χ4n) is 2.56. The molecule has 0 radical (unpaired) electrons. The SMILES string of the molecule is Nc1cc(-n2cc(C(=O)O)c(=O)c3cc([N+](=O)[O-])c(F)cc32)c(F)cc1F. The number of benzene rings is 2. The molecule has 138 valence electrons. The van der Waals surface area contributed by atoms with Crippen LogP contribution in [0.25, 0.3) is 16.6 Å². The standard InChI is InChI=1S/C16H8F3N3O5/c17-8-2-9(18)13(4-11(8)20)21-5-7(16(24)25)15(23)6-1-14(22(26)27)10(19)3-12(6)21/h1-5H,20H2,(H,24,25). The second-order valence-corrected chi connectivity index (χ2v) is 5.45. The highest BCUT2D eigenvalue weighted by Crippen LogP contribution is 2.28. The first-order valence-electron chi connectivity index (χ1n) is 7.13. The molecule has 0 unspecified atom stereocenters. The predicted molar refractivity (Wildman–Crippen MR) is 87.4 cm³/mol. The Hall–Kier alpha value is -3.89. The van der Waals surface area contributed by atoms with E-state index in [-0.39, 0.29) is 5.52 Å². The Bertz CT molecular complexity index is 1210. The number of rotatable bonds is 3. The highest BCUT2D eigenvalue weighted by atomic mass is 19.1. The van der Waals surface area contributed by atoms with Gasteiger partial charge in [0.2, 0.25) is 11.2 Å². The van der Waals surface area contributed by atoms with Crippen molar-refractivity contribution in [3.05, 3.63) is 73.8 Å². The van der Waals surface area contributed by atoms with Crippen molar-refractivity contribution in [3.63, 3.8) is 0 Å². The van der Waals surface area contributed by atoms with Crippen LogP contribution >= 0.6 is 0 Å². The number of hydrogen-bond acceptors (Lipinski definition) is 5. The molecule has 2 aromatic carbocycles. The van der Waals surface area contributed by atoms with Crippen LogP contribution in [0.3, 0.4) is 0 Å². The first kappa shape index (κ1) is 17.9. The zero-order valence-corrected chi connectivity index (χ0v) is 13.1. The van der Waals surface area contributed by atoms with Gasteiger partial charge < -0.3 is 15.4 Å². The maximum atomic E-state index is 14.2. The molecule has 3 rings (SSSR count). The minimum absolute atomic E-state index is 0.363. The molecule has 8 nitrogen and oxygen atoms in total. The van der Waals surface area contributed by atoms with Gasteiger partial charge in [0.05, 0.1) is 27.2 Å². The largest absolute Gasteiger partial charge is 0.477 e. The third-order valence-corrected chi connectivity index (χ3v) is 3.82. The second-order valence-electron chi connectivity index (χ2n) is 5.45. The number of pyridine rings is 1. The maximum Gasteiger partial charge on any atom is 0.341 e. The van der Waals surface area contributed by atoms with Crippen LogP contribution in [0.15, 0.2) is 35.3 Å². The van der Waals surface area contributed by atoms with Gasteiger partial charge >= 0.3 is 11.7 Å². The number of nitrogens with zero attached hydrogens (tertiary/aromatic N) is 2. The molecular weight excluding hydrogens is 371 g/mol. The zero-order chi connectivity index (χ0) is 20.0. The van der Waals surface area contributed by atoms with E-state index in [9.17, 15) is 38.0 Å². The number of halogens is 3. The fraction of sp³-hybridized carbons (Fsp3) is 0. The molecule has 0 atom stereocenters. The van der Waals surface area contributed by atoms with Gasteiger partial charge in [0.1, 0.15) is 17.2 Å². The van der Waals surface area contributed by atoms with Gasteiger partial charge in [0, 0.05) is 24.4 Å². The molecule has 0 aliphatic heterocycles. The minimum Gasteiger partial charge on any atom is -0.477 e. The Labute approximate surface area is 147 Å². The highest BCUT2D eigenvalue weighted by Gasteiger charge is 2.23. The van der Waals surface area contributed by atoms with E-state index in [1.165, 1.54) is 0 Å².